The van der Waals surface area contributed by atoms with Crippen molar-refractivity contribution in [3.63, 3.8) is 0 Å². The van der Waals surface area contributed by atoms with Gasteiger partial charge in [-0.1, -0.05) is 19.9 Å². The smallest absolute Gasteiger partial charge is 0.318 e. The van der Waals surface area contributed by atoms with E-state index in [-0.39, 0.29) is 40.9 Å². The molecule has 3 atom stereocenters. The molecule has 2 aliphatic rings. The number of carbonyl (C=O) groups excluding carboxylic acids is 2. The number of hydrogen-bond donors (Lipinski definition) is 2. The first-order valence-electron chi connectivity index (χ1n) is 11.0. The number of rotatable bonds is 5. The lowest BCUT2D eigenvalue weighted by atomic mass is 9.83. The highest BCUT2D eigenvalue weighted by atomic mass is 16.6. The predicted molar refractivity (Wildman–Crippen MR) is 122 cm³/mol. The number of amides is 3. The van der Waals surface area contributed by atoms with Gasteiger partial charge in [-0.3, -0.25) is 19.7 Å². The van der Waals surface area contributed by atoms with E-state index in [2.05, 4.69) is 10.6 Å². The number of anilines is 1. The third-order valence-corrected chi connectivity index (χ3v) is 6.34. The van der Waals surface area contributed by atoms with Gasteiger partial charge in [0.25, 0.3) is 11.2 Å². The monoisotopic (exact) mass is 453 g/mol. The Hall–Kier alpha value is -3.69. The second-order valence-corrected chi connectivity index (χ2v) is 9.07. The third kappa shape index (κ3) is 4.74. The van der Waals surface area contributed by atoms with E-state index in [0.717, 1.165) is 12.1 Å². The Labute approximate surface area is 190 Å². The highest BCUT2D eigenvalue weighted by Gasteiger charge is 2.37. The maximum atomic E-state index is 13.1. The summed E-state index contributed by atoms with van der Waals surface area (Å²) in [5.74, 6) is -0.283. The van der Waals surface area contributed by atoms with E-state index < -0.39 is 11.0 Å². The van der Waals surface area contributed by atoms with Crippen LogP contribution in [0, 0.1) is 22.0 Å². The molecular formula is C23H27N5O5. The van der Waals surface area contributed by atoms with Gasteiger partial charge in [0, 0.05) is 55.1 Å². The minimum atomic E-state index is -0.774. The van der Waals surface area contributed by atoms with Gasteiger partial charge in [-0.25, -0.2) is 4.79 Å². The number of aromatic nitrogens is 1. The number of non-ortho nitro benzene ring substituents is 1. The van der Waals surface area contributed by atoms with Crippen molar-refractivity contribution in [2.45, 2.75) is 38.8 Å². The zero-order chi connectivity index (χ0) is 23.7. The van der Waals surface area contributed by atoms with Crippen LogP contribution >= 0.6 is 0 Å². The van der Waals surface area contributed by atoms with E-state index in [1.54, 1.807) is 17.0 Å². The molecule has 2 aromatic rings. The lowest BCUT2D eigenvalue weighted by molar-refractivity contribution is -0.384. The van der Waals surface area contributed by atoms with E-state index >= 15 is 0 Å². The fourth-order valence-electron chi connectivity index (χ4n) is 4.71. The van der Waals surface area contributed by atoms with Crippen molar-refractivity contribution in [3.05, 3.63) is 68.6 Å². The van der Waals surface area contributed by atoms with Gasteiger partial charge < -0.3 is 20.1 Å². The van der Waals surface area contributed by atoms with Gasteiger partial charge in [0.05, 0.1) is 4.92 Å². The van der Waals surface area contributed by atoms with Crippen LogP contribution in [0.5, 0.6) is 0 Å². The van der Waals surface area contributed by atoms with E-state index in [1.807, 2.05) is 24.5 Å². The first-order valence-corrected chi connectivity index (χ1v) is 11.0. The van der Waals surface area contributed by atoms with Crippen LogP contribution in [0.15, 0.2) is 47.3 Å². The van der Waals surface area contributed by atoms with Crippen molar-refractivity contribution in [3.8, 4) is 0 Å². The molecule has 2 N–H and O–H groups in total. The van der Waals surface area contributed by atoms with Crippen LogP contribution in [0.3, 0.4) is 0 Å². The zero-order valence-corrected chi connectivity index (χ0v) is 18.6. The van der Waals surface area contributed by atoms with Gasteiger partial charge in [-0.05, 0) is 36.5 Å². The lowest BCUT2D eigenvalue weighted by Gasteiger charge is -2.43. The van der Waals surface area contributed by atoms with Gasteiger partial charge in [0.1, 0.15) is 6.04 Å². The molecular weight excluding hydrogens is 426 g/mol. The largest absolute Gasteiger partial charge is 0.326 e. The number of nitro benzene ring substituents is 1. The predicted octanol–water partition coefficient (Wildman–Crippen LogP) is 2.55. The summed E-state index contributed by atoms with van der Waals surface area (Å²) in [5, 5.41) is 16.4. The van der Waals surface area contributed by atoms with Crippen molar-refractivity contribution in [2.24, 2.45) is 11.8 Å². The molecule has 4 rings (SSSR count). The minimum Gasteiger partial charge on any atom is -0.326 e. The van der Waals surface area contributed by atoms with Crippen LogP contribution in [-0.4, -0.2) is 45.5 Å². The number of carbonyl (C=O) groups is 2. The summed E-state index contributed by atoms with van der Waals surface area (Å²) < 4.78 is 1.81. The molecule has 2 aliphatic heterocycles. The molecule has 3 amide bonds. The van der Waals surface area contributed by atoms with Gasteiger partial charge >= 0.3 is 6.03 Å². The molecule has 0 saturated carbocycles. The number of hydrogen-bond acceptors (Lipinski definition) is 5. The maximum absolute atomic E-state index is 13.1. The van der Waals surface area contributed by atoms with Gasteiger partial charge in [-0.15, -0.1) is 0 Å². The van der Waals surface area contributed by atoms with E-state index in [1.165, 1.54) is 24.3 Å². The Morgan fingerprint density at radius 2 is 1.82 bits per heavy atom. The van der Waals surface area contributed by atoms with Crippen LogP contribution in [-0.2, 0) is 11.3 Å². The topological polar surface area (TPSA) is 127 Å². The Morgan fingerprint density at radius 3 is 2.48 bits per heavy atom. The number of pyridine rings is 1. The summed E-state index contributed by atoms with van der Waals surface area (Å²) in [6.07, 6.45) is 0.932. The van der Waals surface area contributed by atoms with Crippen LogP contribution in [0.2, 0.25) is 0 Å². The molecule has 0 radical (unpaired) electrons. The van der Waals surface area contributed by atoms with Gasteiger partial charge in [0.15, 0.2) is 0 Å². The molecule has 3 heterocycles. The molecule has 1 saturated heterocycles. The molecule has 33 heavy (non-hydrogen) atoms. The van der Waals surface area contributed by atoms with Crippen molar-refractivity contribution >= 4 is 23.3 Å². The SMILES string of the molecule is CC(C)[C@H](NC(=O)N1CC2CC(C1)c1cccc(=O)n1C2)C(=O)Nc1ccc([N+](=O)[O-])cc1. The molecule has 10 nitrogen and oxygen atoms in total. The molecule has 2 unspecified atom stereocenters. The molecule has 2 bridgehead atoms. The molecule has 0 aliphatic carbocycles. The summed E-state index contributed by atoms with van der Waals surface area (Å²) >= 11 is 0. The zero-order valence-electron chi connectivity index (χ0n) is 18.6. The summed E-state index contributed by atoms with van der Waals surface area (Å²) in [6, 6.07) is 9.72. The van der Waals surface area contributed by atoms with Crippen molar-refractivity contribution < 1.29 is 14.5 Å². The molecule has 174 valence electrons. The summed E-state index contributed by atoms with van der Waals surface area (Å²) in [5.41, 5.74) is 1.29. The molecule has 1 aromatic carbocycles. The average Bonchev–Trinajstić information content (AvgIpc) is 2.78. The highest BCUT2D eigenvalue weighted by Crippen LogP contribution is 2.35. The van der Waals surface area contributed by atoms with Gasteiger partial charge in [0.2, 0.25) is 5.91 Å². The Morgan fingerprint density at radius 1 is 1.09 bits per heavy atom. The second kappa shape index (κ2) is 9.05. The Balaban J connectivity index is 1.43. The van der Waals surface area contributed by atoms with E-state index in [9.17, 15) is 24.5 Å². The number of fused-ring (bicyclic) bond motifs is 4. The molecule has 10 heteroatoms. The number of benzene rings is 1. The van der Waals surface area contributed by atoms with Crippen molar-refractivity contribution in [1.29, 1.82) is 0 Å². The van der Waals surface area contributed by atoms with Crippen molar-refractivity contribution in [2.75, 3.05) is 18.4 Å². The van der Waals surface area contributed by atoms with Crippen LogP contribution in [0.4, 0.5) is 16.2 Å². The first-order chi connectivity index (χ1) is 15.7. The molecule has 0 spiro atoms. The van der Waals surface area contributed by atoms with E-state index in [0.29, 0.717) is 25.3 Å². The maximum Gasteiger partial charge on any atom is 0.318 e. The molecule has 1 fully saturated rings. The number of nitrogens with zero attached hydrogens (tertiary/aromatic N) is 3. The standard InChI is InChI=1S/C23H27N5O5/c1-14(2)21(22(30)24-17-6-8-18(9-7-17)28(32)33)25-23(31)26-11-15-10-16(13-26)19-4-3-5-20(29)27(19)12-15/h3-9,14-16,21H,10-13H2,1-2H3,(H,24,30)(H,25,31)/t15?,16?,21-/m0/s1. The summed E-state index contributed by atoms with van der Waals surface area (Å²) in [4.78, 5) is 50.2. The molecule has 1 aromatic heterocycles. The number of likely N-dealkylation sites (tertiary alicyclic amines) is 1. The Kier molecular flexibility index (Phi) is 6.17. The average molecular weight is 453 g/mol. The number of urea groups is 1. The first kappa shape index (κ1) is 22.5. The second-order valence-electron chi connectivity index (χ2n) is 9.07. The van der Waals surface area contributed by atoms with Gasteiger partial charge in [-0.2, -0.15) is 0 Å². The number of nitrogens with one attached hydrogen (secondary N) is 2. The normalized spacial score (nSPS) is 20.0. The minimum absolute atomic E-state index is 0.0112. The van der Waals surface area contributed by atoms with Crippen molar-refractivity contribution in [1.82, 2.24) is 14.8 Å². The quantitative estimate of drug-likeness (QED) is 0.531. The van der Waals surface area contributed by atoms with Crippen LogP contribution in [0.1, 0.15) is 31.9 Å². The van der Waals surface area contributed by atoms with Crippen LogP contribution < -0.4 is 16.2 Å². The van der Waals surface area contributed by atoms with Crippen LogP contribution in [0.25, 0.3) is 0 Å². The third-order valence-electron chi connectivity index (χ3n) is 6.34. The fraction of sp³-hybridized carbons (Fsp3) is 0.435. The number of piperidine rings is 1. The highest BCUT2D eigenvalue weighted by molar-refractivity contribution is 5.97. The summed E-state index contributed by atoms with van der Waals surface area (Å²) in [6.45, 7) is 5.28. The lowest BCUT2D eigenvalue weighted by Crippen LogP contribution is -2.56. The van der Waals surface area contributed by atoms with E-state index in [4.69, 9.17) is 0 Å². The Bertz CT molecular complexity index is 1130. The number of nitro groups is 1. The summed E-state index contributed by atoms with van der Waals surface area (Å²) in [7, 11) is 0. The fourth-order valence-corrected chi connectivity index (χ4v) is 4.71.